The summed E-state index contributed by atoms with van der Waals surface area (Å²) in [6.45, 7) is 2.24. The lowest BCUT2D eigenvalue weighted by molar-refractivity contribution is 0.0105. The van der Waals surface area contributed by atoms with E-state index in [1.807, 2.05) is 6.07 Å². The lowest BCUT2D eigenvalue weighted by Crippen LogP contribution is -2.40. The standard InChI is InChI=1S/C17H21NO4S/c1-23(19,20)15-4-2-13(3-5-15)11-22-17-10-18-8-6-16(17)14-7-9-21-12-14/h2-5,7,9,12,16-18H,6,8,10-11H2,1H3/t16-,17+/m1/s1. The summed E-state index contributed by atoms with van der Waals surface area (Å²) in [4.78, 5) is 0.330. The zero-order valence-corrected chi connectivity index (χ0v) is 13.9. The van der Waals surface area contributed by atoms with E-state index in [1.54, 1.807) is 36.8 Å². The first-order chi connectivity index (χ1) is 11.0. The second kappa shape index (κ2) is 6.86. The van der Waals surface area contributed by atoms with Crippen LogP contribution in [-0.2, 0) is 21.2 Å². The summed E-state index contributed by atoms with van der Waals surface area (Å²) in [6, 6.07) is 8.85. The van der Waals surface area contributed by atoms with Crippen molar-refractivity contribution in [2.24, 2.45) is 0 Å². The summed E-state index contributed by atoms with van der Waals surface area (Å²) in [5, 5.41) is 3.36. The molecule has 1 aromatic carbocycles. The summed E-state index contributed by atoms with van der Waals surface area (Å²) in [5.41, 5.74) is 2.14. The van der Waals surface area contributed by atoms with Crippen LogP contribution in [0, 0.1) is 0 Å². The van der Waals surface area contributed by atoms with Crippen molar-refractivity contribution in [2.45, 2.75) is 29.9 Å². The Hall–Kier alpha value is -1.63. The minimum atomic E-state index is -3.15. The van der Waals surface area contributed by atoms with Crippen LogP contribution in [-0.4, -0.2) is 33.9 Å². The summed E-state index contributed by atoms with van der Waals surface area (Å²) < 4.78 is 34.2. The number of rotatable bonds is 5. The molecule has 0 amide bonds. The number of piperidine rings is 1. The van der Waals surface area contributed by atoms with Crippen LogP contribution in [0.4, 0.5) is 0 Å². The van der Waals surface area contributed by atoms with Crippen molar-refractivity contribution in [1.82, 2.24) is 5.32 Å². The maximum atomic E-state index is 11.5. The summed E-state index contributed by atoms with van der Waals surface area (Å²) in [7, 11) is -3.15. The molecular weight excluding hydrogens is 314 g/mol. The molecule has 0 spiro atoms. The minimum Gasteiger partial charge on any atom is -0.472 e. The Bertz CT molecular complexity index is 722. The van der Waals surface area contributed by atoms with Gasteiger partial charge < -0.3 is 14.5 Å². The third-order valence-corrected chi connectivity index (χ3v) is 5.34. The molecule has 1 aliphatic rings. The molecule has 1 aromatic heterocycles. The van der Waals surface area contributed by atoms with Gasteiger partial charge in [-0.2, -0.15) is 0 Å². The van der Waals surface area contributed by atoms with Crippen LogP contribution in [0.15, 0.2) is 52.2 Å². The molecule has 2 aromatic rings. The largest absolute Gasteiger partial charge is 0.472 e. The average Bonchev–Trinajstić information content (AvgIpc) is 3.07. The molecule has 1 saturated heterocycles. The molecule has 2 heterocycles. The molecule has 0 unspecified atom stereocenters. The van der Waals surface area contributed by atoms with Crippen LogP contribution in [0.3, 0.4) is 0 Å². The van der Waals surface area contributed by atoms with Gasteiger partial charge in [-0.3, -0.25) is 0 Å². The number of sulfone groups is 1. The Kier molecular flexibility index (Phi) is 4.84. The maximum Gasteiger partial charge on any atom is 0.175 e. The predicted octanol–water partition coefficient (Wildman–Crippen LogP) is 2.35. The van der Waals surface area contributed by atoms with Crippen molar-refractivity contribution in [3.05, 3.63) is 54.0 Å². The summed E-state index contributed by atoms with van der Waals surface area (Å²) in [6.07, 6.45) is 5.78. The highest BCUT2D eigenvalue weighted by Gasteiger charge is 2.27. The van der Waals surface area contributed by atoms with E-state index in [4.69, 9.17) is 9.15 Å². The van der Waals surface area contributed by atoms with Gasteiger partial charge in [0.2, 0.25) is 0 Å². The van der Waals surface area contributed by atoms with Crippen molar-refractivity contribution in [3.8, 4) is 0 Å². The van der Waals surface area contributed by atoms with Crippen molar-refractivity contribution < 1.29 is 17.6 Å². The van der Waals surface area contributed by atoms with Gasteiger partial charge in [0.15, 0.2) is 9.84 Å². The monoisotopic (exact) mass is 335 g/mol. The molecule has 124 valence electrons. The van der Waals surface area contributed by atoms with Gasteiger partial charge in [-0.25, -0.2) is 8.42 Å². The smallest absolute Gasteiger partial charge is 0.175 e. The highest BCUT2D eigenvalue weighted by atomic mass is 32.2. The summed E-state index contributed by atoms with van der Waals surface area (Å²) >= 11 is 0. The maximum absolute atomic E-state index is 11.5. The van der Waals surface area contributed by atoms with Crippen LogP contribution in [0.5, 0.6) is 0 Å². The number of furan rings is 1. The third-order valence-electron chi connectivity index (χ3n) is 4.21. The van der Waals surface area contributed by atoms with Crippen molar-refractivity contribution in [1.29, 1.82) is 0 Å². The molecule has 3 rings (SSSR count). The Morgan fingerprint density at radius 2 is 2.04 bits per heavy atom. The van der Waals surface area contributed by atoms with E-state index >= 15 is 0 Å². The van der Waals surface area contributed by atoms with Crippen molar-refractivity contribution in [3.63, 3.8) is 0 Å². The van der Waals surface area contributed by atoms with Crippen molar-refractivity contribution in [2.75, 3.05) is 19.3 Å². The quantitative estimate of drug-likeness (QED) is 0.908. The van der Waals surface area contributed by atoms with E-state index in [0.29, 0.717) is 17.4 Å². The molecule has 1 N–H and O–H groups in total. The van der Waals surface area contributed by atoms with Gasteiger partial charge in [0.25, 0.3) is 0 Å². The number of hydrogen-bond donors (Lipinski definition) is 1. The Balaban J connectivity index is 1.64. The zero-order chi connectivity index (χ0) is 16.3. The van der Waals surface area contributed by atoms with Gasteiger partial charge >= 0.3 is 0 Å². The van der Waals surface area contributed by atoms with Crippen LogP contribution in [0.25, 0.3) is 0 Å². The van der Waals surface area contributed by atoms with Gasteiger partial charge in [-0.1, -0.05) is 12.1 Å². The zero-order valence-electron chi connectivity index (χ0n) is 13.1. The lowest BCUT2D eigenvalue weighted by Gasteiger charge is -2.31. The van der Waals surface area contributed by atoms with E-state index in [1.165, 1.54) is 11.8 Å². The average molecular weight is 335 g/mol. The second-order valence-electron chi connectivity index (χ2n) is 5.92. The molecule has 1 aliphatic heterocycles. The van der Waals surface area contributed by atoms with Crippen LogP contribution in [0.2, 0.25) is 0 Å². The first-order valence-electron chi connectivity index (χ1n) is 7.67. The number of benzene rings is 1. The van der Waals surface area contributed by atoms with E-state index in [9.17, 15) is 8.42 Å². The van der Waals surface area contributed by atoms with Gasteiger partial charge in [0, 0.05) is 18.7 Å². The second-order valence-corrected chi connectivity index (χ2v) is 7.94. The number of hydrogen-bond acceptors (Lipinski definition) is 5. The van der Waals surface area contributed by atoms with Gasteiger partial charge in [-0.15, -0.1) is 0 Å². The third kappa shape index (κ3) is 4.02. The van der Waals surface area contributed by atoms with Crippen LogP contribution in [0.1, 0.15) is 23.5 Å². The lowest BCUT2D eigenvalue weighted by atomic mass is 9.89. The van der Waals surface area contributed by atoms with Crippen LogP contribution >= 0.6 is 0 Å². The molecule has 0 aliphatic carbocycles. The van der Waals surface area contributed by atoms with E-state index in [-0.39, 0.29) is 6.10 Å². The SMILES string of the molecule is CS(=O)(=O)c1ccc(CO[C@H]2CNCC[C@@H]2c2ccoc2)cc1. The highest BCUT2D eigenvalue weighted by molar-refractivity contribution is 7.90. The predicted molar refractivity (Wildman–Crippen MR) is 87.1 cm³/mol. The number of nitrogens with one attached hydrogen (secondary N) is 1. The fourth-order valence-electron chi connectivity index (χ4n) is 2.91. The minimum absolute atomic E-state index is 0.0796. The Morgan fingerprint density at radius 3 is 2.70 bits per heavy atom. The topological polar surface area (TPSA) is 68.5 Å². The fourth-order valence-corrected chi connectivity index (χ4v) is 3.54. The van der Waals surface area contributed by atoms with E-state index < -0.39 is 9.84 Å². The fraction of sp³-hybridized carbons (Fsp3) is 0.412. The molecule has 2 atom stereocenters. The van der Waals surface area contributed by atoms with Crippen molar-refractivity contribution >= 4 is 9.84 Å². The van der Waals surface area contributed by atoms with E-state index in [2.05, 4.69) is 5.32 Å². The van der Waals surface area contributed by atoms with Gasteiger partial charge in [0.05, 0.1) is 30.1 Å². The Morgan fingerprint density at radius 1 is 1.26 bits per heavy atom. The molecule has 1 fully saturated rings. The number of ether oxygens (including phenoxy) is 1. The summed E-state index contributed by atoms with van der Waals surface area (Å²) in [5.74, 6) is 0.324. The molecule has 5 nitrogen and oxygen atoms in total. The Labute approximate surface area is 136 Å². The van der Waals surface area contributed by atoms with E-state index in [0.717, 1.165) is 25.1 Å². The highest BCUT2D eigenvalue weighted by Crippen LogP contribution is 2.28. The first-order valence-corrected chi connectivity index (χ1v) is 9.56. The van der Waals surface area contributed by atoms with Gasteiger partial charge in [0.1, 0.15) is 0 Å². The molecule has 0 radical (unpaired) electrons. The molecule has 23 heavy (non-hydrogen) atoms. The molecular formula is C17H21NO4S. The first kappa shape index (κ1) is 16.2. The molecule has 0 saturated carbocycles. The van der Waals surface area contributed by atoms with Gasteiger partial charge in [-0.05, 0) is 42.3 Å². The molecule has 6 heteroatoms. The normalized spacial score (nSPS) is 22.1. The van der Waals surface area contributed by atoms with Crippen LogP contribution < -0.4 is 5.32 Å². The molecule has 0 bridgehead atoms.